The molecule has 1 aromatic rings. The lowest BCUT2D eigenvalue weighted by molar-refractivity contribution is 0.323. The van der Waals surface area contributed by atoms with Crippen molar-refractivity contribution in [1.82, 2.24) is 0 Å². The second-order valence-electron chi connectivity index (χ2n) is 6.14. The minimum absolute atomic E-state index is 0.139. The maximum atomic E-state index is 13.8. The average molecular weight is 264 g/mol. The van der Waals surface area contributed by atoms with Crippen molar-refractivity contribution in [1.29, 1.82) is 0 Å². The van der Waals surface area contributed by atoms with Crippen LogP contribution in [0.1, 0.15) is 44.4 Å². The normalized spacial score (nSPS) is 25.5. The second-order valence-corrected chi connectivity index (χ2v) is 6.14. The summed E-state index contributed by atoms with van der Waals surface area (Å²) in [6.45, 7) is 10.4. The lowest BCUT2D eigenvalue weighted by Crippen LogP contribution is -2.39. The fourth-order valence-electron chi connectivity index (χ4n) is 2.80. The van der Waals surface area contributed by atoms with Crippen LogP contribution in [0.4, 0.5) is 10.1 Å². The number of piperidine rings is 1. The quantitative estimate of drug-likeness (QED) is 0.883. The van der Waals surface area contributed by atoms with Crippen molar-refractivity contribution < 1.29 is 4.39 Å². The molecule has 1 saturated heterocycles. The molecule has 1 heterocycles. The van der Waals surface area contributed by atoms with Gasteiger partial charge >= 0.3 is 0 Å². The number of hydrogen-bond donors (Lipinski definition) is 1. The average Bonchev–Trinajstić information content (AvgIpc) is 2.35. The van der Waals surface area contributed by atoms with Gasteiger partial charge in [0.05, 0.1) is 0 Å². The van der Waals surface area contributed by atoms with Crippen molar-refractivity contribution in [3.63, 3.8) is 0 Å². The zero-order chi connectivity index (χ0) is 14.2. The monoisotopic (exact) mass is 264 g/mol. The van der Waals surface area contributed by atoms with Crippen molar-refractivity contribution >= 4 is 5.69 Å². The van der Waals surface area contributed by atoms with Gasteiger partial charge in [0.2, 0.25) is 0 Å². The number of anilines is 1. The molecule has 0 spiro atoms. The molecule has 2 rings (SSSR count). The van der Waals surface area contributed by atoms with Crippen LogP contribution in [0.2, 0.25) is 0 Å². The maximum absolute atomic E-state index is 13.8. The number of halogens is 1. The molecule has 1 aromatic carbocycles. The van der Waals surface area contributed by atoms with E-state index in [4.69, 9.17) is 5.73 Å². The Morgan fingerprint density at radius 1 is 1.32 bits per heavy atom. The van der Waals surface area contributed by atoms with Crippen LogP contribution in [-0.4, -0.2) is 13.1 Å². The van der Waals surface area contributed by atoms with Crippen LogP contribution >= 0.6 is 0 Å². The first kappa shape index (κ1) is 14.3. The van der Waals surface area contributed by atoms with Crippen molar-refractivity contribution in [2.45, 2.75) is 40.2 Å². The van der Waals surface area contributed by atoms with Crippen LogP contribution in [0.5, 0.6) is 0 Å². The molecule has 0 aromatic heterocycles. The van der Waals surface area contributed by atoms with Crippen LogP contribution in [0.25, 0.3) is 0 Å². The third-order valence-electron chi connectivity index (χ3n) is 4.47. The van der Waals surface area contributed by atoms with Gasteiger partial charge in [0.1, 0.15) is 5.82 Å². The van der Waals surface area contributed by atoms with Crippen LogP contribution in [0.15, 0.2) is 12.1 Å². The summed E-state index contributed by atoms with van der Waals surface area (Å²) in [7, 11) is 0. The molecular weight excluding hydrogens is 239 g/mol. The van der Waals surface area contributed by atoms with Gasteiger partial charge in [0, 0.05) is 24.8 Å². The summed E-state index contributed by atoms with van der Waals surface area (Å²) in [4.78, 5) is 2.37. The van der Waals surface area contributed by atoms with E-state index in [1.807, 2.05) is 19.9 Å². The minimum Gasteiger partial charge on any atom is -0.371 e. The standard InChI is InChI=1S/C16H25FN2/c1-10-5-6-19(9-12(10)3)16-7-11(2)15(17)8-14(16)13(4)18/h7-8,10,12-13H,5-6,9,18H2,1-4H3. The predicted molar refractivity (Wildman–Crippen MR) is 78.9 cm³/mol. The molecule has 106 valence electrons. The van der Waals surface area contributed by atoms with E-state index < -0.39 is 0 Å². The Morgan fingerprint density at radius 2 is 2.00 bits per heavy atom. The molecule has 1 aliphatic heterocycles. The van der Waals surface area contributed by atoms with E-state index in [0.29, 0.717) is 11.5 Å². The highest BCUT2D eigenvalue weighted by molar-refractivity contribution is 5.57. The molecule has 3 atom stereocenters. The van der Waals surface area contributed by atoms with Crippen LogP contribution in [-0.2, 0) is 0 Å². The summed E-state index contributed by atoms with van der Waals surface area (Å²) in [6.07, 6.45) is 1.19. The highest BCUT2D eigenvalue weighted by atomic mass is 19.1. The summed E-state index contributed by atoms with van der Waals surface area (Å²) in [5.74, 6) is 1.27. The number of rotatable bonds is 2. The maximum Gasteiger partial charge on any atom is 0.126 e. The van der Waals surface area contributed by atoms with Gasteiger partial charge in [-0.05, 0) is 55.4 Å². The Kier molecular flexibility index (Phi) is 4.14. The first-order chi connectivity index (χ1) is 8.90. The third-order valence-corrected chi connectivity index (χ3v) is 4.47. The van der Waals surface area contributed by atoms with Crippen LogP contribution < -0.4 is 10.6 Å². The fraction of sp³-hybridized carbons (Fsp3) is 0.625. The van der Waals surface area contributed by atoms with E-state index in [-0.39, 0.29) is 11.9 Å². The predicted octanol–water partition coefficient (Wildman–Crippen LogP) is 3.64. The van der Waals surface area contributed by atoms with E-state index >= 15 is 0 Å². The molecule has 0 aliphatic carbocycles. The second kappa shape index (κ2) is 5.49. The Bertz CT molecular complexity index is 456. The van der Waals surface area contributed by atoms with E-state index in [1.165, 1.54) is 6.42 Å². The Morgan fingerprint density at radius 3 is 2.58 bits per heavy atom. The lowest BCUT2D eigenvalue weighted by atomic mass is 9.88. The zero-order valence-corrected chi connectivity index (χ0v) is 12.4. The highest BCUT2D eigenvalue weighted by Gasteiger charge is 2.25. The summed E-state index contributed by atoms with van der Waals surface area (Å²) in [5, 5.41) is 0. The molecule has 1 fully saturated rings. The smallest absolute Gasteiger partial charge is 0.126 e. The summed E-state index contributed by atoms with van der Waals surface area (Å²) >= 11 is 0. The third kappa shape index (κ3) is 2.92. The van der Waals surface area contributed by atoms with Crippen molar-refractivity contribution in [2.24, 2.45) is 17.6 Å². The molecule has 0 saturated carbocycles. The number of benzene rings is 1. The fourth-order valence-corrected chi connectivity index (χ4v) is 2.80. The molecule has 19 heavy (non-hydrogen) atoms. The molecular formula is C16H25FN2. The zero-order valence-electron chi connectivity index (χ0n) is 12.4. The summed E-state index contributed by atoms with van der Waals surface area (Å²) < 4.78 is 13.8. The van der Waals surface area contributed by atoms with Gasteiger partial charge in [-0.15, -0.1) is 0 Å². The number of nitrogens with two attached hydrogens (primary N) is 1. The van der Waals surface area contributed by atoms with E-state index in [1.54, 1.807) is 6.07 Å². The van der Waals surface area contributed by atoms with Gasteiger partial charge in [-0.3, -0.25) is 0 Å². The van der Waals surface area contributed by atoms with Crippen molar-refractivity contribution in [3.8, 4) is 0 Å². The molecule has 0 bridgehead atoms. The molecule has 0 amide bonds. The topological polar surface area (TPSA) is 29.3 Å². The van der Waals surface area contributed by atoms with Gasteiger partial charge in [-0.1, -0.05) is 13.8 Å². The van der Waals surface area contributed by atoms with Crippen LogP contribution in [0, 0.1) is 24.6 Å². The molecule has 3 unspecified atom stereocenters. The molecule has 2 N–H and O–H groups in total. The van der Waals surface area contributed by atoms with E-state index in [2.05, 4.69) is 18.7 Å². The summed E-state index contributed by atoms with van der Waals surface area (Å²) in [5.41, 5.74) is 8.75. The van der Waals surface area contributed by atoms with Gasteiger partial charge < -0.3 is 10.6 Å². The lowest BCUT2D eigenvalue weighted by Gasteiger charge is -2.38. The largest absolute Gasteiger partial charge is 0.371 e. The van der Waals surface area contributed by atoms with E-state index in [0.717, 1.165) is 30.3 Å². The van der Waals surface area contributed by atoms with Gasteiger partial charge in [-0.2, -0.15) is 0 Å². The number of aryl methyl sites for hydroxylation is 1. The molecule has 1 aliphatic rings. The SMILES string of the molecule is Cc1cc(N2CCC(C)C(C)C2)c(C(C)N)cc1F. The Labute approximate surface area is 115 Å². The van der Waals surface area contributed by atoms with Gasteiger partial charge in [0.15, 0.2) is 0 Å². The van der Waals surface area contributed by atoms with Crippen molar-refractivity contribution in [3.05, 3.63) is 29.1 Å². The minimum atomic E-state index is -0.158. The first-order valence-electron chi connectivity index (χ1n) is 7.20. The first-order valence-corrected chi connectivity index (χ1v) is 7.20. The van der Waals surface area contributed by atoms with Gasteiger partial charge in [-0.25, -0.2) is 4.39 Å². The van der Waals surface area contributed by atoms with E-state index in [9.17, 15) is 4.39 Å². The highest BCUT2D eigenvalue weighted by Crippen LogP contribution is 2.33. The number of hydrogen-bond acceptors (Lipinski definition) is 2. The molecule has 0 radical (unpaired) electrons. The van der Waals surface area contributed by atoms with Crippen LogP contribution in [0.3, 0.4) is 0 Å². The Balaban J connectivity index is 2.35. The van der Waals surface area contributed by atoms with Crippen molar-refractivity contribution in [2.75, 3.05) is 18.0 Å². The van der Waals surface area contributed by atoms with Gasteiger partial charge in [0.25, 0.3) is 0 Å². The molecule has 2 nitrogen and oxygen atoms in total. The molecule has 3 heteroatoms. The summed E-state index contributed by atoms with van der Waals surface area (Å²) in [6, 6.07) is 3.43. The number of nitrogens with zero attached hydrogens (tertiary/aromatic N) is 1. The Hall–Kier alpha value is -1.09.